The van der Waals surface area contributed by atoms with Crippen molar-refractivity contribution in [2.45, 2.75) is 33.7 Å². The van der Waals surface area contributed by atoms with Gasteiger partial charge in [0.15, 0.2) is 5.65 Å². The van der Waals surface area contributed by atoms with Crippen molar-refractivity contribution in [2.24, 2.45) is 0 Å². The van der Waals surface area contributed by atoms with Crippen LogP contribution in [0, 0.1) is 13.8 Å². The number of hydrogen-bond acceptors (Lipinski definition) is 4. The molecule has 0 saturated carbocycles. The lowest BCUT2D eigenvalue weighted by atomic mass is 10.1. The van der Waals surface area contributed by atoms with E-state index >= 15 is 0 Å². The summed E-state index contributed by atoms with van der Waals surface area (Å²) in [6.07, 6.45) is 3.41. The standard InChI is InChI=1S/C17H19N5O/c1-10(2)22-16-13(9-19-22)8-14(12(4)20-16)17(23)21-15-7-11(3)5-6-18-15/h5-10H,1-4H3,(H,18,21,23). The van der Waals surface area contributed by atoms with E-state index in [1.54, 1.807) is 12.4 Å². The zero-order valence-corrected chi connectivity index (χ0v) is 13.7. The van der Waals surface area contributed by atoms with E-state index in [4.69, 9.17) is 0 Å². The number of carbonyl (C=O) groups is 1. The van der Waals surface area contributed by atoms with Crippen LogP contribution in [0.2, 0.25) is 0 Å². The summed E-state index contributed by atoms with van der Waals surface area (Å²) in [5.74, 6) is 0.319. The lowest BCUT2D eigenvalue weighted by Crippen LogP contribution is -2.15. The zero-order valence-electron chi connectivity index (χ0n) is 13.7. The van der Waals surface area contributed by atoms with Crippen molar-refractivity contribution in [3.63, 3.8) is 0 Å². The lowest BCUT2D eigenvalue weighted by molar-refractivity contribution is 0.102. The smallest absolute Gasteiger partial charge is 0.258 e. The number of fused-ring (bicyclic) bond motifs is 1. The molecule has 3 aromatic heterocycles. The Hall–Kier alpha value is -2.76. The summed E-state index contributed by atoms with van der Waals surface area (Å²) in [5, 5.41) is 8.01. The Morgan fingerprint density at radius 2 is 2.04 bits per heavy atom. The van der Waals surface area contributed by atoms with Crippen LogP contribution in [0.5, 0.6) is 0 Å². The minimum absolute atomic E-state index is 0.215. The number of aryl methyl sites for hydroxylation is 2. The number of nitrogens with zero attached hydrogens (tertiary/aromatic N) is 4. The molecule has 3 aromatic rings. The first kappa shape index (κ1) is 15.1. The second-order valence-corrected chi connectivity index (χ2v) is 5.89. The molecule has 0 aliphatic rings. The quantitative estimate of drug-likeness (QED) is 0.806. The number of amides is 1. The second kappa shape index (κ2) is 5.79. The van der Waals surface area contributed by atoms with Crippen LogP contribution in [0.15, 0.2) is 30.6 Å². The van der Waals surface area contributed by atoms with Crippen LogP contribution in [0.25, 0.3) is 11.0 Å². The summed E-state index contributed by atoms with van der Waals surface area (Å²) >= 11 is 0. The van der Waals surface area contributed by atoms with Crippen molar-refractivity contribution in [3.05, 3.63) is 47.4 Å². The van der Waals surface area contributed by atoms with Gasteiger partial charge in [-0.05, 0) is 51.5 Å². The average molecular weight is 309 g/mol. The van der Waals surface area contributed by atoms with Crippen LogP contribution >= 0.6 is 0 Å². The third-order valence-electron chi connectivity index (χ3n) is 3.65. The minimum atomic E-state index is -0.215. The molecule has 6 heteroatoms. The van der Waals surface area contributed by atoms with Gasteiger partial charge in [0.1, 0.15) is 5.82 Å². The van der Waals surface area contributed by atoms with Crippen LogP contribution < -0.4 is 5.32 Å². The predicted octanol–water partition coefficient (Wildman–Crippen LogP) is 3.28. The van der Waals surface area contributed by atoms with Gasteiger partial charge in [0.2, 0.25) is 0 Å². The molecule has 0 unspecified atom stereocenters. The lowest BCUT2D eigenvalue weighted by Gasteiger charge is -2.09. The highest BCUT2D eigenvalue weighted by Gasteiger charge is 2.15. The highest BCUT2D eigenvalue weighted by molar-refractivity contribution is 6.06. The fraction of sp³-hybridized carbons (Fsp3) is 0.294. The molecule has 0 saturated heterocycles. The molecule has 0 fully saturated rings. The molecule has 0 aliphatic heterocycles. The van der Waals surface area contributed by atoms with Gasteiger partial charge in [0.25, 0.3) is 5.91 Å². The van der Waals surface area contributed by atoms with Crippen molar-refractivity contribution in [1.29, 1.82) is 0 Å². The fourth-order valence-corrected chi connectivity index (χ4v) is 2.46. The fourth-order valence-electron chi connectivity index (χ4n) is 2.46. The van der Waals surface area contributed by atoms with Gasteiger partial charge in [-0.3, -0.25) is 4.79 Å². The van der Waals surface area contributed by atoms with E-state index in [1.165, 1.54) is 0 Å². The van der Waals surface area contributed by atoms with E-state index < -0.39 is 0 Å². The molecule has 0 aromatic carbocycles. The molecule has 0 aliphatic carbocycles. The van der Waals surface area contributed by atoms with E-state index in [0.717, 1.165) is 16.6 Å². The number of aromatic nitrogens is 4. The van der Waals surface area contributed by atoms with Gasteiger partial charge in [-0.2, -0.15) is 5.10 Å². The Bertz CT molecular complexity index is 882. The summed E-state index contributed by atoms with van der Waals surface area (Å²) in [7, 11) is 0. The number of rotatable bonds is 3. The highest BCUT2D eigenvalue weighted by Crippen LogP contribution is 2.20. The average Bonchev–Trinajstić information content (AvgIpc) is 2.89. The van der Waals surface area contributed by atoms with Gasteiger partial charge in [0, 0.05) is 17.6 Å². The molecule has 23 heavy (non-hydrogen) atoms. The first-order valence-electron chi connectivity index (χ1n) is 7.54. The van der Waals surface area contributed by atoms with Gasteiger partial charge in [-0.1, -0.05) is 0 Å². The Labute approximate surface area is 134 Å². The van der Waals surface area contributed by atoms with Crippen molar-refractivity contribution in [3.8, 4) is 0 Å². The molecule has 0 bridgehead atoms. The Kier molecular flexibility index (Phi) is 3.82. The van der Waals surface area contributed by atoms with Crippen LogP contribution in [-0.2, 0) is 0 Å². The van der Waals surface area contributed by atoms with Gasteiger partial charge in [0.05, 0.1) is 17.5 Å². The van der Waals surface area contributed by atoms with Crippen LogP contribution in [0.4, 0.5) is 5.82 Å². The maximum atomic E-state index is 12.5. The zero-order chi connectivity index (χ0) is 16.6. The number of carbonyl (C=O) groups excluding carboxylic acids is 1. The molecule has 3 heterocycles. The maximum absolute atomic E-state index is 12.5. The Balaban J connectivity index is 1.96. The number of hydrogen-bond donors (Lipinski definition) is 1. The van der Waals surface area contributed by atoms with Crippen molar-refractivity contribution >= 4 is 22.8 Å². The first-order chi connectivity index (χ1) is 11.0. The summed E-state index contributed by atoms with van der Waals surface area (Å²) in [6, 6.07) is 5.76. The van der Waals surface area contributed by atoms with Gasteiger partial charge in [-0.25, -0.2) is 14.6 Å². The SMILES string of the molecule is Cc1ccnc(NC(=O)c2cc3cnn(C(C)C)c3nc2C)c1. The van der Waals surface area contributed by atoms with E-state index in [9.17, 15) is 4.79 Å². The van der Waals surface area contributed by atoms with Gasteiger partial charge in [-0.15, -0.1) is 0 Å². The van der Waals surface area contributed by atoms with Gasteiger partial charge < -0.3 is 5.32 Å². The van der Waals surface area contributed by atoms with Crippen LogP contribution in [0.3, 0.4) is 0 Å². The van der Waals surface area contributed by atoms with E-state index in [0.29, 0.717) is 17.1 Å². The molecule has 118 valence electrons. The maximum Gasteiger partial charge on any atom is 0.258 e. The third kappa shape index (κ3) is 2.92. The second-order valence-electron chi connectivity index (χ2n) is 5.89. The number of anilines is 1. The summed E-state index contributed by atoms with van der Waals surface area (Å²) in [4.78, 5) is 21.2. The Morgan fingerprint density at radius 1 is 1.26 bits per heavy atom. The number of pyridine rings is 2. The van der Waals surface area contributed by atoms with E-state index in [2.05, 4.69) is 20.4 Å². The highest BCUT2D eigenvalue weighted by atomic mass is 16.1. The Morgan fingerprint density at radius 3 is 2.74 bits per heavy atom. The molecule has 0 spiro atoms. The third-order valence-corrected chi connectivity index (χ3v) is 3.65. The predicted molar refractivity (Wildman–Crippen MR) is 89.6 cm³/mol. The number of nitrogens with one attached hydrogen (secondary N) is 1. The first-order valence-corrected chi connectivity index (χ1v) is 7.54. The molecular formula is C17H19N5O. The molecule has 0 atom stereocenters. The molecule has 1 N–H and O–H groups in total. The van der Waals surface area contributed by atoms with Crippen LogP contribution in [-0.4, -0.2) is 25.7 Å². The monoisotopic (exact) mass is 309 g/mol. The summed E-state index contributed by atoms with van der Waals surface area (Å²) in [6.45, 7) is 7.88. The minimum Gasteiger partial charge on any atom is -0.307 e. The van der Waals surface area contributed by atoms with Gasteiger partial charge >= 0.3 is 0 Å². The van der Waals surface area contributed by atoms with Crippen molar-refractivity contribution < 1.29 is 4.79 Å². The topological polar surface area (TPSA) is 72.7 Å². The normalized spacial score (nSPS) is 11.2. The molecule has 3 rings (SSSR count). The van der Waals surface area contributed by atoms with E-state index in [-0.39, 0.29) is 11.9 Å². The largest absolute Gasteiger partial charge is 0.307 e. The summed E-state index contributed by atoms with van der Waals surface area (Å²) in [5.41, 5.74) is 3.04. The molecule has 6 nitrogen and oxygen atoms in total. The summed E-state index contributed by atoms with van der Waals surface area (Å²) < 4.78 is 1.85. The molecular weight excluding hydrogens is 290 g/mol. The van der Waals surface area contributed by atoms with Crippen LogP contribution in [0.1, 0.15) is 41.5 Å². The van der Waals surface area contributed by atoms with Crippen molar-refractivity contribution in [2.75, 3.05) is 5.32 Å². The molecule has 0 radical (unpaired) electrons. The van der Waals surface area contributed by atoms with E-state index in [1.807, 2.05) is 50.6 Å². The molecule has 1 amide bonds. The van der Waals surface area contributed by atoms with Crippen molar-refractivity contribution in [1.82, 2.24) is 19.7 Å².